The van der Waals surface area contributed by atoms with E-state index in [1.54, 1.807) is 11.3 Å². The van der Waals surface area contributed by atoms with Gasteiger partial charge in [-0.2, -0.15) is 0 Å². The zero-order valence-electron chi connectivity index (χ0n) is 23.4. The Balaban J connectivity index is 1.16. The number of thiophene rings is 1. The highest BCUT2D eigenvalue weighted by Gasteiger charge is 2.20. The highest BCUT2D eigenvalue weighted by Crippen LogP contribution is 2.46. The summed E-state index contributed by atoms with van der Waals surface area (Å²) in [5.41, 5.74) is 8.10. The SMILES string of the molecule is c1ccc(-c2nc(-c3ccc(-c4ccc5c6ccccc6c6cccc7oc4c5c76)cc3)nc3c2sc2ccccc23)cc1. The van der Waals surface area contributed by atoms with Crippen molar-refractivity contribution in [2.75, 3.05) is 0 Å². The first-order valence-electron chi connectivity index (χ1n) is 14.8. The molecule has 0 aliphatic carbocycles. The summed E-state index contributed by atoms with van der Waals surface area (Å²) in [6, 6.07) is 47.0. The largest absolute Gasteiger partial charge is 0.455 e. The normalized spacial score (nSPS) is 12.1. The number of rotatable bonds is 3. The summed E-state index contributed by atoms with van der Waals surface area (Å²) < 4.78 is 8.95. The predicted molar refractivity (Wildman–Crippen MR) is 185 cm³/mol. The molecule has 4 heteroatoms. The molecule has 0 aliphatic rings. The van der Waals surface area contributed by atoms with Crippen molar-refractivity contribution in [3.05, 3.63) is 133 Å². The van der Waals surface area contributed by atoms with Crippen molar-refractivity contribution in [3.63, 3.8) is 0 Å². The minimum Gasteiger partial charge on any atom is -0.455 e. The summed E-state index contributed by atoms with van der Waals surface area (Å²) in [6.07, 6.45) is 0. The van der Waals surface area contributed by atoms with E-state index in [1.165, 1.54) is 42.4 Å². The average Bonchev–Trinajstić information content (AvgIpc) is 3.67. The van der Waals surface area contributed by atoms with Crippen molar-refractivity contribution < 1.29 is 4.42 Å². The third kappa shape index (κ3) is 3.31. The number of hydrogen-bond acceptors (Lipinski definition) is 4. The Bertz CT molecular complexity index is 2700. The molecule has 10 rings (SSSR count). The van der Waals surface area contributed by atoms with Gasteiger partial charge in [-0.15, -0.1) is 11.3 Å². The van der Waals surface area contributed by atoms with Crippen LogP contribution < -0.4 is 0 Å². The van der Waals surface area contributed by atoms with Crippen LogP contribution in [0.4, 0.5) is 0 Å². The monoisotopic (exact) mass is 578 g/mol. The highest BCUT2D eigenvalue weighted by atomic mass is 32.1. The summed E-state index contributed by atoms with van der Waals surface area (Å²) in [6.45, 7) is 0. The minimum absolute atomic E-state index is 0.728. The number of benzene rings is 7. The molecule has 0 atom stereocenters. The van der Waals surface area contributed by atoms with Gasteiger partial charge in [-0.25, -0.2) is 9.97 Å². The molecule has 0 fully saturated rings. The zero-order valence-corrected chi connectivity index (χ0v) is 24.2. The molecule has 0 bridgehead atoms. The van der Waals surface area contributed by atoms with Crippen molar-refractivity contribution in [1.29, 1.82) is 0 Å². The van der Waals surface area contributed by atoms with E-state index in [0.29, 0.717) is 0 Å². The number of aromatic nitrogens is 2. The molecule has 0 saturated carbocycles. The second-order valence-electron chi connectivity index (χ2n) is 11.3. The van der Waals surface area contributed by atoms with Crippen LogP contribution in [0.1, 0.15) is 0 Å². The number of furan rings is 1. The van der Waals surface area contributed by atoms with Crippen molar-refractivity contribution in [2.24, 2.45) is 0 Å². The fraction of sp³-hybridized carbons (Fsp3) is 0. The quantitative estimate of drug-likeness (QED) is 0.196. The lowest BCUT2D eigenvalue weighted by Crippen LogP contribution is -1.93. The molecule has 0 saturated heterocycles. The van der Waals surface area contributed by atoms with Gasteiger partial charge in [0.2, 0.25) is 0 Å². The second kappa shape index (κ2) is 8.96. The van der Waals surface area contributed by atoms with Gasteiger partial charge in [-0.3, -0.25) is 0 Å². The maximum Gasteiger partial charge on any atom is 0.160 e. The van der Waals surface area contributed by atoms with Gasteiger partial charge in [0, 0.05) is 37.5 Å². The van der Waals surface area contributed by atoms with E-state index in [4.69, 9.17) is 14.4 Å². The average molecular weight is 579 g/mol. The van der Waals surface area contributed by atoms with E-state index in [1.807, 2.05) is 6.07 Å². The van der Waals surface area contributed by atoms with Crippen LogP contribution in [0.3, 0.4) is 0 Å². The summed E-state index contributed by atoms with van der Waals surface area (Å²) in [5, 5.41) is 8.54. The zero-order chi connectivity index (χ0) is 28.8. The first-order chi connectivity index (χ1) is 21.8. The van der Waals surface area contributed by atoms with Gasteiger partial charge in [0.05, 0.1) is 15.9 Å². The van der Waals surface area contributed by atoms with Crippen molar-refractivity contribution in [2.45, 2.75) is 0 Å². The van der Waals surface area contributed by atoms with Gasteiger partial charge < -0.3 is 4.42 Å². The molecule has 7 aromatic carbocycles. The van der Waals surface area contributed by atoms with E-state index in [9.17, 15) is 0 Å². The Morgan fingerprint density at radius 1 is 0.477 bits per heavy atom. The molecule has 0 amide bonds. The van der Waals surface area contributed by atoms with Gasteiger partial charge in [-0.1, -0.05) is 115 Å². The number of fused-ring (bicyclic) bond motifs is 6. The summed E-state index contributed by atoms with van der Waals surface area (Å²) in [4.78, 5) is 10.3. The van der Waals surface area contributed by atoms with Crippen molar-refractivity contribution >= 4 is 75.1 Å². The fourth-order valence-corrected chi connectivity index (χ4v) is 8.01. The van der Waals surface area contributed by atoms with E-state index >= 15 is 0 Å². The standard InChI is InChI=1S/C40H22N2OS/c1-2-9-24(10-3-1)36-39-37(31-13-6-7-16-33(31)44-39)42-40(41-36)25-19-17-23(18-20-25)26-21-22-30-28-12-5-4-11-27(28)29-14-8-15-32-34(29)35(30)38(26)43-32/h1-22H. The maximum absolute atomic E-state index is 6.61. The smallest absolute Gasteiger partial charge is 0.160 e. The number of nitrogens with zero attached hydrogens (tertiary/aromatic N) is 2. The van der Waals surface area contributed by atoms with E-state index in [-0.39, 0.29) is 0 Å². The lowest BCUT2D eigenvalue weighted by Gasteiger charge is -2.10. The third-order valence-corrected chi connectivity index (χ3v) is 10.0. The van der Waals surface area contributed by atoms with Gasteiger partial charge in [0.25, 0.3) is 0 Å². The van der Waals surface area contributed by atoms with Crippen LogP contribution in [0.5, 0.6) is 0 Å². The van der Waals surface area contributed by atoms with Gasteiger partial charge >= 0.3 is 0 Å². The molecular formula is C40H22N2OS. The highest BCUT2D eigenvalue weighted by molar-refractivity contribution is 7.26. The summed E-state index contributed by atoms with van der Waals surface area (Å²) in [5.74, 6) is 0.728. The maximum atomic E-state index is 6.61. The molecule has 3 heterocycles. The Labute approximate surface area is 256 Å². The second-order valence-corrected chi connectivity index (χ2v) is 12.4. The van der Waals surface area contributed by atoms with E-state index in [0.717, 1.165) is 55.2 Å². The lowest BCUT2D eigenvalue weighted by molar-refractivity contribution is 0.670. The van der Waals surface area contributed by atoms with Gasteiger partial charge in [0.15, 0.2) is 5.82 Å². The molecule has 0 unspecified atom stereocenters. The van der Waals surface area contributed by atoms with E-state index in [2.05, 4.69) is 127 Å². The van der Waals surface area contributed by atoms with Crippen LogP contribution in [0, 0.1) is 0 Å². The van der Waals surface area contributed by atoms with Crippen molar-refractivity contribution in [1.82, 2.24) is 9.97 Å². The Morgan fingerprint density at radius 3 is 1.98 bits per heavy atom. The van der Waals surface area contributed by atoms with Crippen molar-refractivity contribution in [3.8, 4) is 33.8 Å². The molecule has 0 spiro atoms. The molecule has 3 nitrogen and oxygen atoms in total. The first-order valence-corrected chi connectivity index (χ1v) is 15.6. The van der Waals surface area contributed by atoms with Gasteiger partial charge in [0.1, 0.15) is 11.2 Å². The first kappa shape index (κ1) is 23.9. The van der Waals surface area contributed by atoms with Crippen LogP contribution in [0.25, 0.3) is 97.6 Å². The minimum atomic E-state index is 0.728. The molecule has 0 N–H and O–H groups in total. The fourth-order valence-electron chi connectivity index (χ4n) is 6.86. The lowest BCUT2D eigenvalue weighted by atomic mass is 9.92. The summed E-state index contributed by atoms with van der Waals surface area (Å²) in [7, 11) is 0. The van der Waals surface area contributed by atoms with Crippen LogP contribution >= 0.6 is 11.3 Å². The Kier molecular flexibility index (Phi) is 4.87. The Morgan fingerprint density at radius 2 is 1.16 bits per heavy atom. The van der Waals surface area contributed by atoms with Crippen LogP contribution in [-0.4, -0.2) is 9.97 Å². The summed E-state index contributed by atoms with van der Waals surface area (Å²) >= 11 is 1.76. The molecule has 44 heavy (non-hydrogen) atoms. The van der Waals surface area contributed by atoms with Crippen LogP contribution in [0.15, 0.2) is 138 Å². The molecule has 0 radical (unpaired) electrons. The molecule has 0 aliphatic heterocycles. The molecule has 10 aromatic rings. The van der Waals surface area contributed by atoms with E-state index < -0.39 is 0 Å². The Hall–Kier alpha value is -5.58. The molecule has 3 aromatic heterocycles. The molecular weight excluding hydrogens is 557 g/mol. The van der Waals surface area contributed by atoms with Gasteiger partial charge in [-0.05, 0) is 45.3 Å². The molecule has 204 valence electrons. The van der Waals surface area contributed by atoms with Crippen LogP contribution in [0.2, 0.25) is 0 Å². The van der Waals surface area contributed by atoms with Crippen LogP contribution in [-0.2, 0) is 0 Å². The predicted octanol–water partition coefficient (Wildman–Crippen LogP) is 11.5. The topological polar surface area (TPSA) is 38.9 Å². The number of hydrogen-bond donors (Lipinski definition) is 0. The third-order valence-electron chi connectivity index (χ3n) is 8.87.